The molecule has 2 N–H and O–H groups in total. The van der Waals surface area contributed by atoms with Gasteiger partial charge < -0.3 is 10.3 Å². The van der Waals surface area contributed by atoms with E-state index in [0.29, 0.717) is 11.8 Å². The molecule has 0 aliphatic heterocycles. The maximum atomic E-state index is 12.7. The molecule has 2 unspecified atom stereocenters. The van der Waals surface area contributed by atoms with E-state index in [2.05, 4.69) is 30.7 Å². The van der Waals surface area contributed by atoms with E-state index in [1.165, 1.54) is 18.9 Å². The van der Waals surface area contributed by atoms with Crippen LogP contribution in [0, 0.1) is 11.8 Å². The second-order valence-corrected chi connectivity index (χ2v) is 7.94. The summed E-state index contributed by atoms with van der Waals surface area (Å²) >= 11 is 0. The normalized spacial score (nSPS) is 35.7. The van der Waals surface area contributed by atoms with Crippen LogP contribution in [-0.4, -0.2) is 41.6 Å². The average molecular weight is 341 g/mol. The molecule has 9 nitrogen and oxygen atoms in total. The number of hydrogen-bond acceptors (Lipinski definition) is 6. The SMILES string of the molecule is O=C(NC12C[C@H]3C[C@@H](C1)CC(n1ncnn1)(C3)C2)c1c[nH]c(=O)cn1. The van der Waals surface area contributed by atoms with Crippen molar-refractivity contribution in [2.24, 2.45) is 11.8 Å². The van der Waals surface area contributed by atoms with Crippen LogP contribution < -0.4 is 10.9 Å². The molecule has 6 rings (SSSR count). The summed E-state index contributed by atoms with van der Waals surface area (Å²) in [4.78, 5) is 32.1. The van der Waals surface area contributed by atoms with Gasteiger partial charge in [0.05, 0.1) is 11.7 Å². The van der Waals surface area contributed by atoms with Gasteiger partial charge in [-0.1, -0.05) is 0 Å². The van der Waals surface area contributed by atoms with Gasteiger partial charge in [0.2, 0.25) is 0 Å². The Kier molecular flexibility index (Phi) is 2.93. The highest BCUT2D eigenvalue weighted by molar-refractivity contribution is 5.92. The molecule has 4 saturated carbocycles. The molecule has 2 heterocycles. The van der Waals surface area contributed by atoms with Gasteiger partial charge in [-0.05, 0) is 55.6 Å². The highest BCUT2D eigenvalue weighted by Crippen LogP contribution is 2.60. The molecule has 2 aromatic heterocycles. The number of aromatic amines is 1. The van der Waals surface area contributed by atoms with Crippen molar-refractivity contribution in [2.45, 2.75) is 49.6 Å². The minimum Gasteiger partial charge on any atom is -0.345 e. The molecule has 4 bridgehead atoms. The summed E-state index contributed by atoms with van der Waals surface area (Å²) in [7, 11) is 0. The van der Waals surface area contributed by atoms with E-state index < -0.39 is 0 Å². The maximum Gasteiger partial charge on any atom is 0.271 e. The lowest BCUT2D eigenvalue weighted by Gasteiger charge is -2.61. The van der Waals surface area contributed by atoms with Gasteiger partial charge in [0.15, 0.2) is 6.33 Å². The number of carbonyl (C=O) groups excluding carboxylic acids is 1. The minimum absolute atomic E-state index is 0.147. The molecule has 1 amide bonds. The Morgan fingerprint density at radius 2 is 2.08 bits per heavy atom. The average Bonchev–Trinajstić information content (AvgIpc) is 3.09. The molecule has 25 heavy (non-hydrogen) atoms. The van der Waals surface area contributed by atoms with E-state index in [4.69, 9.17) is 0 Å². The van der Waals surface area contributed by atoms with Crippen molar-refractivity contribution in [2.75, 3.05) is 0 Å². The Morgan fingerprint density at radius 3 is 2.72 bits per heavy atom. The lowest BCUT2D eigenvalue weighted by atomic mass is 9.50. The summed E-state index contributed by atoms with van der Waals surface area (Å²) in [6.07, 6.45) is 10.1. The smallest absolute Gasteiger partial charge is 0.271 e. The zero-order chi connectivity index (χ0) is 17.1. The van der Waals surface area contributed by atoms with Crippen LogP contribution in [0.3, 0.4) is 0 Å². The standard InChI is InChI=1S/C16H19N7O2/c24-13-7-17-12(6-18-13)14(25)21-15-2-10-1-11(3-15)5-16(4-10,8-15)23-20-9-19-22-23/h6-7,9-11H,1-5,8H2,(H,18,24)(H,21,25)/t10-,11+,15?,16?. The largest absolute Gasteiger partial charge is 0.345 e. The van der Waals surface area contributed by atoms with Crippen LogP contribution >= 0.6 is 0 Å². The van der Waals surface area contributed by atoms with E-state index in [1.807, 2.05) is 0 Å². The van der Waals surface area contributed by atoms with Crippen molar-refractivity contribution in [1.29, 1.82) is 0 Å². The Hall–Kier alpha value is -2.58. The first kappa shape index (κ1) is 14.7. The third-order valence-electron chi connectivity index (χ3n) is 6.09. The molecule has 130 valence electrons. The predicted octanol–water partition coefficient (Wildman–Crippen LogP) is 0.234. The zero-order valence-electron chi connectivity index (χ0n) is 13.7. The van der Waals surface area contributed by atoms with Crippen LogP contribution in [0.25, 0.3) is 0 Å². The molecule has 4 atom stereocenters. The van der Waals surface area contributed by atoms with Crippen molar-refractivity contribution in [3.8, 4) is 0 Å². The van der Waals surface area contributed by atoms with Crippen LogP contribution in [-0.2, 0) is 5.54 Å². The van der Waals surface area contributed by atoms with Gasteiger partial charge >= 0.3 is 0 Å². The number of H-pyrrole nitrogens is 1. The Bertz CT molecular complexity index is 840. The minimum atomic E-state index is -0.317. The summed E-state index contributed by atoms with van der Waals surface area (Å²) in [5.41, 5.74) is -0.482. The monoisotopic (exact) mass is 341 g/mol. The summed E-state index contributed by atoms with van der Waals surface area (Å²) in [5, 5.41) is 15.6. The number of carbonyl (C=O) groups is 1. The molecule has 2 aromatic rings. The summed E-state index contributed by atoms with van der Waals surface area (Å²) in [6, 6.07) is 0. The van der Waals surface area contributed by atoms with Gasteiger partial charge in [0, 0.05) is 11.7 Å². The maximum absolute atomic E-state index is 12.7. The van der Waals surface area contributed by atoms with Crippen molar-refractivity contribution in [3.05, 3.63) is 34.8 Å². The van der Waals surface area contributed by atoms with E-state index in [-0.39, 0.29) is 28.2 Å². The fourth-order valence-corrected chi connectivity index (χ4v) is 5.75. The van der Waals surface area contributed by atoms with Gasteiger partial charge in [-0.3, -0.25) is 9.59 Å². The summed E-state index contributed by atoms with van der Waals surface area (Å²) in [6.45, 7) is 0. The third-order valence-corrected chi connectivity index (χ3v) is 6.09. The second-order valence-electron chi connectivity index (χ2n) is 7.94. The fraction of sp³-hybridized carbons (Fsp3) is 0.625. The van der Waals surface area contributed by atoms with Crippen LogP contribution in [0.5, 0.6) is 0 Å². The van der Waals surface area contributed by atoms with E-state index >= 15 is 0 Å². The van der Waals surface area contributed by atoms with Crippen LogP contribution in [0.4, 0.5) is 0 Å². The van der Waals surface area contributed by atoms with Gasteiger partial charge in [0.1, 0.15) is 5.69 Å². The van der Waals surface area contributed by atoms with E-state index in [9.17, 15) is 9.59 Å². The molecule has 0 spiro atoms. The molecular weight excluding hydrogens is 322 g/mol. The van der Waals surface area contributed by atoms with E-state index in [0.717, 1.165) is 38.3 Å². The molecular formula is C16H19N7O2. The quantitative estimate of drug-likeness (QED) is 0.825. The van der Waals surface area contributed by atoms with Crippen molar-refractivity contribution in [3.63, 3.8) is 0 Å². The predicted molar refractivity (Wildman–Crippen MR) is 85.5 cm³/mol. The second kappa shape index (κ2) is 4.96. The Balaban J connectivity index is 1.46. The Morgan fingerprint density at radius 1 is 1.28 bits per heavy atom. The molecule has 4 aliphatic rings. The number of nitrogens with zero attached hydrogens (tertiary/aromatic N) is 5. The molecule has 0 radical (unpaired) electrons. The lowest BCUT2D eigenvalue weighted by molar-refractivity contribution is -0.0811. The first-order valence-corrected chi connectivity index (χ1v) is 8.67. The number of amides is 1. The van der Waals surface area contributed by atoms with Gasteiger partial charge in [-0.25, -0.2) is 4.98 Å². The lowest BCUT2D eigenvalue weighted by Crippen LogP contribution is -2.66. The first-order chi connectivity index (χ1) is 12.1. The summed E-state index contributed by atoms with van der Waals surface area (Å²) in [5.74, 6) is 0.895. The Labute approximate surface area is 143 Å². The number of hydrogen-bond donors (Lipinski definition) is 2. The van der Waals surface area contributed by atoms with Gasteiger partial charge in [-0.15, -0.1) is 10.2 Å². The first-order valence-electron chi connectivity index (χ1n) is 8.67. The number of nitrogens with one attached hydrogen (secondary N) is 2. The molecule has 9 heteroatoms. The zero-order valence-corrected chi connectivity index (χ0v) is 13.7. The highest BCUT2D eigenvalue weighted by atomic mass is 16.2. The molecule has 4 aliphatic carbocycles. The number of tetrazole rings is 1. The van der Waals surface area contributed by atoms with Gasteiger partial charge in [-0.2, -0.15) is 4.80 Å². The van der Waals surface area contributed by atoms with Crippen LogP contribution in [0.15, 0.2) is 23.5 Å². The third kappa shape index (κ3) is 2.29. The summed E-state index contributed by atoms with van der Waals surface area (Å²) < 4.78 is 0. The van der Waals surface area contributed by atoms with Crippen LogP contribution in [0.2, 0.25) is 0 Å². The van der Waals surface area contributed by atoms with Crippen molar-refractivity contribution in [1.82, 2.24) is 35.5 Å². The topological polar surface area (TPSA) is 118 Å². The van der Waals surface area contributed by atoms with E-state index in [1.54, 1.807) is 4.80 Å². The van der Waals surface area contributed by atoms with Crippen molar-refractivity contribution >= 4 is 5.91 Å². The molecule has 0 aromatic carbocycles. The van der Waals surface area contributed by atoms with Crippen LogP contribution in [0.1, 0.15) is 49.0 Å². The molecule has 0 saturated heterocycles. The molecule has 4 fully saturated rings. The fourth-order valence-electron chi connectivity index (χ4n) is 5.75. The number of aromatic nitrogens is 6. The van der Waals surface area contributed by atoms with Gasteiger partial charge in [0.25, 0.3) is 11.5 Å². The number of rotatable bonds is 3. The van der Waals surface area contributed by atoms with Crippen molar-refractivity contribution < 1.29 is 4.79 Å². The highest BCUT2D eigenvalue weighted by Gasteiger charge is 2.60.